The van der Waals surface area contributed by atoms with Crippen LogP contribution >= 0.6 is 0 Å². The number of pyridine rings is 1. The lowest BCUT2D eigenvalue weighted by Crippen LogP contribution is -2.20. The Bertz CT molecular complexity index is 1100. The van der Waals surface area contributed by atoms with E-state index in [1.165, 1.54) is 4.57 Å². The van der Waals surface area contributed by atoms with Crippen LogP contribution < -0.4 is 11.3 Å². The van der Waals surface area contributed by atoms with Crippen molar-refractivity contribution in [1.82, 2.24) is 9.55 Å². The molecule has 0 unspecified atom stereocenters. The van der Waals surface area contributed by atoms with E-state index in [0.717, 1.165) is 10.9 Å². The van der Waals surface area contributed by atoms with Crippen molar-refractivity contribution in [2.75, 3.05) is 0 Å². The molecule has 2 aromatic heterocycles. The Balaban J connectivity index is 1.87. The summed E-state index contributed by atoms with van der Waals surface area (Å²) in [6, 6.07) is 17.1. The van der Waals surface area contributed by atoms with Crippen LogP contribution in [0, 0.1) is 0 Å². The van der Waals surface area contributed by atoms with Gasteiger partial charge in [0.2, 0.25) is 0 Å². The number of rotatable bonds is 3. The molecular weight excluding hydrogens is 292 g/mol. The van der Waals surface area contributed by atoms with Crippen molar-refractivity contribution >= 4 is 22.0 Å². The molecule has 0 saturated heterocycles. The first-order chi connectivity index (χ1) is 11.2. The number of aryl methyl sites for hydroxylation is 2. The number of hydrogen-bond acceptors (Lipinski definition) is 3. The van der Waals surface area contributed by atoms with Crippen LogP contribution in [-0.2, 0) is 13.0 Å². The minimum Gasteiger partial charge on any atom is -0.407 e. The molecule has 2 heterocycles. The molecular formula is C18H14N2O3. The molecule has 0 radical (unpaired) electrons. The average molecular weight is 306 g/mol. The fourth-order valence-electron chi connectivity index (χ4n) is 2.87. The lowest BCUT2D eigenvalue weighted by Gasteiger charge is -2.03. The minimum absolute atomic E-state index is 0.296. The summed E-state index contributed by atoms with van der Waals surface area (Å²) in [5.74, 6) is -0.502. The van der Waals surface area contributed by atoms with Crippen LogP contribution in [0.15, 0.2) is 68.6 Å². The SMILES string of the molecule is O=c1[nH]c2ccccc2c2oc(=O)n(CCc3ccccc3)c12. The Morgan fingerprint density at radius 3 is 2.52 bits per heavy atom. The molecule has 114 valence electrons. The van der Waals surface area contributed by atoms with E-state index in [4.69, 9.17) is 4.42 Å². The van der Waals surface area contributed by atoms with Crippen molar-refractivity contribution in [2.24, 2.45) is 0 Å². The van der Waals surface area contributed by atoms with E-state index >= 15 is 0 Å². The zero-order valence-electron chi connectivity index (χ0n) is 12.3. The molecule has 0 fully saturated rings. The lowest BCUT2D eigenvalue weighted by atomic mass is 10.1. The van der Waals surface area contributed by atoms with E-state index in [1.807, 2.05) is 48.5 Å². The van der Waals surface area contributed by atoms with Crippen molar-refractivity contribution < 1.29 is 4.42 Å². The highest BCUT2D eigenvalue weighted by atomic mass is 16.4. The van der Waals surface area contributed by atoms with Gasteiger partial charge >= 0.3 is 5.76 Å². The quantitative estimate of drug-likeness (QED) is 0.633. The number of hydrogen-bond donors (Lipinski definition) is 1. The summed E-state index contributed by atoms with van der Waals surface area (Å²) in [5, 5.41) is 0.734. The van der Waals surface area contributed by atoms with Crippen molar-refractivity contribution in [3.8, 4) is 0 Å². The molecule has 5 heteroatoms. The summed E-state index contributed by atoms with van der Waals surface area (Å²) in [4.78, 5) is 27.4. The largest absolute Gasteiger partial charge is 0.420 e. The predicted molar refractivity (Wildman–Crippen MR) is 88.7 cm³/mol. The third kappa shape index (κ3) is 2.26. The second kappa shape index (κ2) is 5.28. The smallest absolute Gasteiger partial charge is 0.407 e. The van der Waals surface area contributed by atoms with Gasteiger partial charge in [-0.2, -0.15) is 0 Å². The van der Waals surface area contributed by atoms with Crippen LogP contribution in [0.5, 0.6) is 0 Å². The van der Waals surface area contributed by atoms with Gasteiger partial charge in [-0.05, 0) is 24.1 Å². The maximum atomic E-state index is 12.4. The molecule has 0 atom stereocenters. The highest BCUT2D eigenvalue weighted by molar-refractivity contribution is 6.00. The maximum Gasteiger partial charge on any atom is 0.420 e. The van der Waals surface area contributed by atoms with Crippen molar-refractivity contribution in [2.45, 2.75) is 13.0 Å². The summed E-state index contributed by atoms with van der Waals surface area (Å²) < 4.78 is 6.78. The van der Waals surface area contributed by atoms with Crippen LogP contribution in [0.25, 0.3) is 22.0 Å². The van der Waals surface area contributed by atoms with Gasteiger partial charge < -0.3 is 9.40 Å². The Morgan fingerprint density at radius 1 is 0.957 bits per heavy atom. The number of aromatic nitrogens is 2. The number of nitrogens with one attached hydrogen (secondary N) is 1. The number of para-hydroxylation sites is 1. The van der Waals surface area contributed by atoms with Crippen molar-refractivity contribution in [1.29, 1.82) is 0 Å². The van der Waals surface area contributed by atoms with Gasteiger partial charge in [0.15, 0.2) is 11.1 Å². The molecule has 2 aromatic carbocycles. The summed E-state index contributed by atoms with van der Waals surface area (Å²) in [6.45, 7) is 0.400. The predicted octanol–water partition coefficient (Wildman–Crippen LogP) is 2.68. The van der Waals surface area contributed by atoms with Gasteiger partial charge in [0.05, 0.1) is 5.52 Å². The Morgan fingerprint density at radius 2 is 1.70 bits per heavy atom. The molecule has 4 aromatic rings. The molecule has 4 rings (SSSR count). The summed E-state index contributed by atoms with van der Waals surface area (Å²) in [5.41, 5.74) is 2.10. The zero-order chi connectivity index (χ0) is 15.8. The Kier molecular flexibility index (Phi) is 3.12. The fourth-order valence-corrected chi connectivity index (χ4v) is 2.87. The second-order valence-electron chi connectivity index (χ2n) is 5.43. The van der Waals surface area contributed by atoms with Gasteiger partial charge in [0.1, 0.15) is 0 Å². The average Bonchev–Trinajstić information content (AvgIpc) is 2.91. The first kappa shape index (κ1) is 13.6. The zero-order valence-corrected chi connectivity index (χ0v) is 12.3. The number of benzene rings is 2. The van der Waals surface area contributed by atoms with Gasteiger partial charge in [0, 0.05) is 11.9 Å². The topological polar surface area (TPSA) is 68.0 Å². The van der Waals surface area contributed by atoms with Crippen LogP contribution in [0.3, 0.4) is 0 Å². The molecule has 23 heavy (non-hydrogen) atoms. The lowest BCUT2D eigenvalue weighted by molar-refractivity contribution is 0.506. The van der Waals surface area contributed by atoms with Gasteiger partial charge in [0.25, 0.3) is 5.56 Å². The summed E-state index contributed by atoms with van der Waals surface area (Å²) in [7, 11) is 0. The third-order valence-corrected chi connectivity index (χ3v) is 4.00. The molecule has 0 bridgehead atoms. The monoisotopic (exact) mass is 306 g/mol. The van der Waals surface area contributed by atoms with Crippen LogP contribution in [0.4, 0.5) is 0 Å². The van der Waals surface area contributed by atoms with E-state index in [-0.39, 0.29) is 5.56 Å². The highest BCUT2D eigenvalue weighted by Gasteiger charge is 2.16. The Labute approximate surface area is 130 Å². The van der Waals surface area contributed by atoms with Gasteiger partial charge in [-0.15, -0.1) is 0 Å². The normalized spacial score (nSPS) is 11.3. The van der Waals surface area contributed by atoms with E-state index in [9.17, 15) is 9.59 Å². The molecule has 5 nitrogen and oxygen atoms in total. The van der Waals surface area contributed by atoms with Crippen LogP contribution in [0.2, 0.25) is 0 Å². The van der Waals surface area contributed by atoms with Crippen molar-refractivity contribution in [3.05, 3.63) is 81.1 Å². The molecule has 0 spiro atoms. The number of fused-ring (bicyclic) bond motifs is 3. The highest BCUT2D eigenvalue weighted by Crippen LogP contribution is 2.20. The molecule has 0 saturated carbocycles. The van der Waals surface area contributed by atoms with Gasteiger partial charge in [-0.25, -0.2) is 4.79 Å². The van der Waals surface area contributed by atoms with Gasteiger partial charge in [-0.3, -0.25) is 9.36 Å². The van der Waals surface area contributed by atoms with Crippen LogP contribution in [-0.4, -0.2) is 9.55 Å². The summed E-state index contributed by atoms with van der Waals surface area (Å²) >= 11 is 0. The third-order valence-electron chi connectivity index (χ3n) is 4.00. The van der Waals surface area contributed by atoms with Crippen LogP contribution in [0.1, 0.15) is 5.56 Å². The number of aromatic amines is 1. The fraction of sp³-hybridized carbons (Fsp3) is 0.111. The first-order valence-corrected chi connectivity index (χ1v) is 7.42. The molecule has 0 aliphatic carbocycles. The van der Waals surface area contributed by atoms with E-state index in [0.29, 0.717) is 29.6 Å². The number of oxazole rings is 1. The Hall–Kier alpha value is -3.08. The first-order valence-electron chi connectivity index (χ1n) is 7.42. The second-order valence-corrected chi connectivity index (χ2v) is 5.43. The molecule has 0 aliphatic rings. The summed E-state index contributed by atoms with van der Waals surface area (Å²) in [6.07, 6.45) is 0.654. The van der Waals surface area contributed by atoms with Crippen molar-refractivity contribution in [3.63, 3.8) is 0 Å². The van der Waals surface area contributed by atoms with Gasteiger partial charge in [-0.1, -0.05) is 42.5 Å². The maximum absolute atomic E-state index is 12.4. The number of nitrogens with zero attached hydrogens (tertiary/aromatic N) is 1. The number of H-pyrrole nitrogens is 1. The van der Waals surface area contributed by atoms with E-state index < -0.39 is 5.76 Å². The molecule has 0 amide bonds. The minimum atomic E-state index is -0.502. The molecule has 0 aliphatic heterocycles. The van der Waals surface area contributed by atoms with E-state index in [2.05, 4.69) is 4.98 Å². The van der Waals surface area contributed by atoms with E-state index in [1.54, 1.807) is 6.07 Å². The molecule has 1 N–H and O–H groups in total. The standard InChI is InChI=1S/C18H14N2O3/c21-17-15-16(13-8-4-5-9-14(13)19-17)23-18(22)20(15)11-10-12-6-2-1-3-7-12/h1-9H,10-11H2,(H,19,21).